The molecule has 0 spiro atoms. The fraction of sp³-hybridized carbons (Fsp3) is 0.333. The smallest absolute Gasteiger partial charge is 0.223 e. The van der Waals surface area contributed by atoms with Crippen LogP contribution in [0.2, 0.25) is 0 Å². The minimum absolute atomic E-state index is 0.0951. The maximum absolute atomic E-state index is 11.6. The van der Waals surface area contributed by atoms with Gasteiger partial charge in [-0.2, -0.15) is 12.6 Å². The fourth-order valence-corrected chi connectivity index (χ4v) is 1.84. The van der Waals surface area contributed by atoms with Gasteiger partial charge in [0, 0.05) is 20.0 Å². The third-order valence-electron chi connectivity index (χ3n) is 2.57. The molecule has 17 heavy (non-hydrogen) atoms. The first-order valence-electron chi connectivity index (χ1n) is 5.37. The maximum Gasteiger partial charge on any atom is 0.223 e. The predicted octanol–water partition coefficient (Wildman–Crippen LogP) is 2.11. The molecule has 0 bridgehead atoms. The van der Waals surface area contributed by atoms with Crippen molar-refractivity contribution in [2.24, 2.45) is 0 Å². The van der Waals surface area contributed by atoms with E-state index in [0.29, 0.717) is 18.7 Å². The van der Waals surface area contributed by atoms with Gasteiger partial charge in [-0.1, -0.05) is 6.07 Å². The van der Waals surface area contributed by atoms with Crippen LogP contribution in [0.15, 0.2) is 29.0 Å². The summed E-state index contributed by atoms with van der Waals surface area (Å²) in [5, 5.41) is 0. The van der Waals surface area contributed by atoms with Crippen LogP contribution in [0, 0.1) is 0 Å². The summed E-state index contributed by atoms with van der Waals surface area (Å²) in [6.45, 7) is 0.573. The summed E-state index contributed by atoms with van der Waals surface area (Å²) in [7, 11) is 1.79. The van der Waals surface area contributed by atoms with Gasteiger partial charge in [-0.05, 0) is 23.4 Å². The Morgan fingerprint density at radius 1 is 1.53 bits per heavy atom. The van der Waals surface area contributed by atoms with E-state index in [4.69, 9.17) is 4.42 Å². The molecule has 2 aromatic rings. The number of hydrogen-bond acceptors (Lipinski definition) is 4. The largest absolute Gasteiger partial charge is 0.443 e. The zero-order valence-electron chi connectivity index (χ0n) is 9.59. The van der Waals surface area contributed by atoms with E-state index in [1.54, 1.807) is 11.9 Å². The van der Waals surface area contributed by atoms with Crippen LogP contribution in [-0.2, 0) is 11.3 Å². The van der Waals surface area contributed by atoms with Gasteiger partial charge in [-0.15, -0.1) is 0 Å². The average Bonchev–Trinajstić information content (AvgIpc) is 2.76. The van der Waals surface area contributed by atoms with Gasteiger partial charge in [0.05, 0.1) is 0 Å². The van der Waals surface area contributed by atoms with Gasteiger partial charge in [0.1, 0.15) is 5.52 Å². The summed E-state index contributed by atoms with van der Waals surface area (Å²) >= 11 is 4.05. The molecule has 5 heteroatoms. The van der Waals surface area contributed by atoms with E-state index in [1.807, 2.05) is 18.2 Å². The van der Waals surface area contributed by atoms with Crippen LogP contribution >= 0.6 is 12.6 Å². The van der Waals surface area contributed by atoms with Crippen LogP contribution in [0.3, 0.4) is 0 Å². The summed E-state index contributed by atoms with van der Waals surface area (Å²) in [6.07, 6.45) is 1.88. The molecular weight excluding hydrogens is 236 g/mol. The Balaban J connectivity index is 2.09. The van der Waals surface area contributed by atoms with Crippen molar-refractivity contribution in [3.8, 4) is 0 Å². The maximum atomic E-state index is 11.6. The van der Waals surface area contributed by atoms with Crippen LogP contribution < -0.4 is 0 Å². The molecule has 0 saturated carbocycles. The van der Waals surface area contributed by atoms with Crippen LogP contribution in [0.4, 0.5) is 0 Å². The highest BCUT2D eigenvalue weighted by atomic mass is 32.1. The summed E-state index contributed by atoms with van der Waals surface area (Å²) in [5.41, 5.74) is 2.61. The highest BCUT2D eigenvalue weighted by Crippen LogP contribution is 2.15. The third kappa shape index (κ3) is 2.79. The highest BCUT2D eigenvalue weighted by Gasteiger charge is 2.09. The third-order valence-corrected chi connectivity index (χ3v) is 2.79. The molecule has 0 aliphatic heterocycles. The number of thiol groups is 1. The number of amides is 1. The summed E-state index contributed by atoms with van der Waals surface area (Å²) in [4.78, 5) is 17.3. The topological polar surface area (TPSA) is 46.3 Å². The summed E-state index contributed by atoms with van der Waals surface area (Å²) in [6, 6.07) is 5.76. The molecule has 1 amide bonds. The van der Waals surface area contributed by atoms with Crippen molar-refractivity contribution < 1.29 is 9.21 Å². The molecule has 0 fully saturated rings. The zero-order chi connectivity index (χ0) is 12.3. The van der Waals surface area contributed by atoms with Crippen molar-refractivity contribution in [3.63, 3.8) is 0 Å². The van der Waals surface area contributed by atoms with Gasteiger partial charge in [0.25, 0.3) is 0 Å². The summed E-state index contributed by atoms with van der Waals surface area (Å²) in [5.74, 6) is 0.669. The SMILES string of the molecule is CN(Cc1ccc2ncoc2c1)C(=O)CCS. The second-order valence-electron chi connectivity index (χ2n) is 3.88. The minimum atomic E-state index is 0.0951. The molecule has 90 valence electrons. The number of aromatic nitrogens is 1. The van der Waals surface area contributed by atoms with E-state index in [-0.39, 0.29) is 5.91 Å². The molecule has 0 radical (unpaired) electrons. The normalized spacial score (nSPS) is 10.7. The molecular formula is C12H14N2O2S. The number of carbonyl (C=O) groups is 1. The van der Waals surface area contributed by atoms with Crippen molar-refractivity contribution in [1.29, 1.82) is 0 Å². The Kier molecular flexibility index (Phi) is 3.68. The Bertz CT molecular complexity index is 524. The molecule has 4 nitrogen and oxygen atoms in total. The average molecular weight is 250 g/mol. The lowest BCUT2D eigenvalue weighted by atomic mass is 10.2. The Morgan fingerprint density at radius 2 is 2.35 bits per heavy atom. The van der Waals surface area contributed by atoms with E-state index in [2.05, 4.69) is 17.6 Å². The number of nitrogens with zero attached hydrogens (tertiary/aromatic N) is 2. The van der Waals surface area contributed by atoms with Gasteiger partial charge in [-0.25, -0.2) is 4.98 Å². The van der Waals surface area contributed by atoms with E-state index in [1.165, 1.54) is 6.39 Å². The Hall–Kier alpha value is -1.49. The molecule has 0 unspecified atom stereocenters. The van der Waals surface area contributed by atoms with Crippen molar-refractivity contribution in [1.82, 2.24) is 9.88 Å². The van der Waals surface area contributed by atoms with Crippen LogP contribution in [0.25, 0.3) is 11.1 Å². The number of fused-ring (bicyclic) bond motifs is 1. The molecule has 1 aromatic heterocycles. The first-order chi connectivity index (χ1) is 8.20. The Morgan fingerprint density at radius 3 is 3.12 bits per heavy atom. The van der Waals surface area contributed by atoms with Gasteiger partial charge in [0.15, 0.2) is 12.0 Å². The number of benzene rings is 1. The minimum Gasteiger partial charge on any atom is -0.443 e. The van der Waals surface area contributed by atoms with Gasteiger partial charge < -0.3 is 9.32 Å². The van der Waals surface area contributed by atoms with Crippen LogP contribution in [-0.4, -0.2) is 28.6 Å². The molecule has 1 heterocycles. The van der Waals surface area contributed by atoms with Crippen LogP contribution in [0.1, 0.15) is 12.0 Å². The van der Waals surface area contributed by atoms with Crippen molar-refractivity contribution in [3.05, 3.63) is 30.2 Å². The molecule has 0 saturated heterocycles. The lowest BCUT2D eigenvalue weighted by Gasteiger charge is -2.16. The monoisotopic (exact) mass is 250 g/mol. The predicted molar refractivity (Wildman–Crippen MR) is 69.0 cm³/mol. The summed E-state index contributed by atoms with van der Waals surface area (Å²) < 4.78 is 5.22. The first-order valence-corrected chi connectivity index (χ1v) is 6.01. The quantitative estimate of drug-likeness (QED) is 0.845. The van der Waals surface area contributed by atoms with Gasteiger partial charge in [-0.3, -0.25) is 4.79 Å². The number of rotatable bonds is 4. The molecule has 0 aliphatic carbocycles. The number of hydrogen-bond donors (Lipinski definition) is 1. The van der Waals surface area contributed by atoms with E-state index < -0.39 is 0 Å². The molecule has 1 aromatic carbocycles. The second kappa shape index (κ2) is 5.23. The Labute approximate surface area is 105 Å². The molecule has 0 N–H and O–H groups in total. The zero-order valence-corrected chi connectivity index (χ0v) is 10.5. The molecule has 0 aliphatic rings. The molecule has 0 atom stereocenters. The fourth-order valence-electron chi connectivity index (χ4n) is 1.65. The molecule has 2 rings (SSSR count). The second-order valence-corrected chi connectivity index (χ2v) is 4.33. The van der Waals surface area contributed by atoms with E-state index in [9.17, 15) is 4.79 Å². The first kappa shape index (κ1) is 12.0. The van der Waals surface area contributed by atoms with Crippen molar-refractivity contribution >= 4 is 29.6 Å². The van der Waals surface area contributed by atoms with Crippen molar-refractivity contribution in [2.75, 3.05) is 12.8 Å². The number of oxazole rings is 1. The van der Waals surface area contributed by atoms with Gasteiger partial charge >= 0.3 is 0 Å². The van der Waals surface area contributed by atoms with E-state index in [0.717, 1.165) is 16.7 Å². The lowest BCUT2D eigenvalue weighted by molar-refractivity contribution is -0.129. The highest BCUT2D eigenvalue weighted by molar-refractivity contribution is 7.80. The van der Waals surface area contributed by atoms with Crippen LogP contribution in [0.5, 0.6) is 0 Å². The van der Waals surface area contributed by atoms with Gasteiger partial charge in [0.2, 0.25) is 5.91 Å². The lowest BCUT2D eigenvalue weighted by Crippen LogP contribution is -2.26. The standard InChI is InChI=1S/C12H14N2O2S/c1-14(12(15)4-5-17)7-9-2-3-10-11(6-9)16-8-13-10/h2-3,6,8,17H,4-5,7H2,1H3. The number of carbonyl (C=O) groups excluding carboxylic acids is 1. The van der Waals surface area contributed by atoms with E-state index >= 15 is 0 Å². The van der Waals surface area contributed by atoms with Crippen molar-refractivity contribution in [2.45, 2.75) is 13.0 Å².